The van der Waals surface area contributed by atoms with Crippen LogP contribution in [0.15, 0.2) is 12.1 Å². The van der Waals surface area contributed by atoms with Crippen LogP contribution in [0, 0.1) is 29.0 Å². The number of fused-ring (bicyclic) bond motifs is 1. The van der Waals surface area contributed by atoms with Crippen LogP contribution in [0.5, 0.6) is 0 Å². The van der Waals surface area contributed by atoms with Gasteiger partial charge in [0.1, 0.15) is 5.82 Å². The van der Waals surface area contributed by atoms with Crippen molar-refractivity contribution in [2.24, 2.45) is 23.2 Å². The van der Waals surface area contributed by atoms with Crippen LogP contribution in [0.25, 0.3) is 0 Å². The lowest BCUT2D eigenvalue weighted by molar-refractivity contribution is -0.0708. The zero-order chi connectivity index (χ0) is 17.9. The van der Waals surface area contributed by atoms with Gasteiger partial charge in [-0.1, -0.05) is 0 Å². The van der Waals surface area contributed by atoms with E-state index in [0.29, 0.717) is 11.0 Å². The average Bonchev–Trinajstić information content (AvgIpc) is 2.59. The van der Waals surface area contributed by atoms with Crippen LogP contribution in [0.4, 0.5) is 4.39 Å². The fourth-order valence-electron chi connectivity index (χ4n) is 7.03. The second-order valence-electron chi connectivity index (χ2n) is 9.47. The van der Waals surface area contributed by atoms with E-state index < -0.39 is 5.97 Å². The molecule has 5 aliphatic rings. The third-order valence-corrected chi connectivity index (χ3v) is 7.51. The molecule has 4 heteroatoms. The van der Waals surface area contributed by atoms with Gasteiger partial charge in [-0.05, 0) is 91.4 Å². The standard InChI is InChI=1S/C22H28FNO2/c1-26-21(25)17-7-18-12-24(3-2-19(18)20(23)8-17)13-22-9-14-4-15(10-22)6-16(5-14)11-22/h7-8,14-16H,2-6,9-13H2,1H3. The highest BCUT2D eigenvalue weighted by molar-refractivity contribution is 5.89. The van der Waals surface area contributed by atoms with E-state index in [2.05, 4.69) is 4.90 Å². The van der Waals surface area contributed by atoms with E-state index >= 15 is 0 Å². The Morgan fingerprint density at radius 3 is 2.46 bits per heavy atom. The Morgan fingerprint density at radius 2 is 1.85 bits per heavy atom. The number of rotatable bonds is 3. The summed E-state index contributed by atoms with van der Waals surface area (Å²) in [5, 5.41) is 0. The first-order valence-electron chi connectivity index (χ1n) is 10.2. The van der Waals surface area contributed by atoms with E-state index in [9.17, 15) is 9.18 Å². The van der Waals surface area contributed by atoms with Gasteiger partial charge in [-0.2, -0.15) is 0 Å². The van der Waals surface area contributed by atoms with E-state index in [0.717, 1.165) is 54.9 Å². The lowest BCUT2D eigenvalue weighted by Gasteiger charge is -2.58. The van der Waals surface area contributed by atoms with Gasteiger partial charge in [0, 0.05) is 19.6 Å². The van der Waals surface area contributed by atoms with Gasteiger partial charge in [-0.15, -0.1) is 0 Å². The van der Waals surface area contributed by atoms with Crippen molar-refractivity contribution >= 4 is 5.97 Å². The van der Waals surface area contributed by atoms with Crippen LogP contribution in [0.2, 0.25) is 0 Å². The normalized spacial score (nSPS) is 35.4. The van der Waals surface area contributed by atoms with Crippen molar-refractivity contribution < 1.29 is 13.9 Å². The second-order valence-corrected chi connectivity index (χ2v) is 9.47. The van der Waals surface area contributed by atoms with Crippen molar-refractivity contribution in [2.75, 3.05) is 20.2 Å². The Kier molecular flexibility index (Phi) is 3.89. The number of carbonyl (C=O) groups excluding carboxylic acids is 1. The van der Waals surface area contributed by atoms with Gasteiger partial charge in [0.25, 0.3) is 0 Å². The summed E-state index contributed by atoms with van der Waals surface area (Å²) in [5.41, 5.74) is 2.60. The van der Waals surface area contributed by atoms with E-state index in [1.165, 1.54) is 51.7 Å². The van der Waals surface area contributed by atoms with Crippen molar-refractivity contribution in [2.45, 2.75) is 51.5 Å². The molecule has 4 aliphatic carbocycles. The lowest BCUT2D eigenvalue weighted by atomic mass is 9.49. The molecule has 1 aromatic carbocycles. The molecule has 1 aliphatic heterocycles. The monoisotopic (exact) mass is 357 g/mol. The van der Waals surface area contributed by atoms with Gasteiger partial charge in [0.15, 0.2) is 0 Å². The minimum absolute atomic E-state index is 0.252. The van der Waals surface area contributed by atoms with Crippen molar-refractivity contribution in [3.8, 4) is 0 Å². The summed E-state index contributed by atoms with van der Waals surface area (Å²) in [7, 11) is 1.35. The first-order valence-corrected chi connectivity index (χ1v) is 10.2. The topological polar surface area (TPSA) is 29.5 Å². The Morgan fingerprint density at radius 1 is 1.19 bits per heavy atom. The molecule has 140 valence electrons. The molecule has 1 heterocycles. The minimum atomic E-state index is -0.454. The maximum absolute atomic E-state index is 14.4. The highest BCUT2D eigenvalue weighted by atomic mass is 19.1. The lowest BCUT2D eigenvalue weighted by Crippen LogP contribution is -2.51. The van der Waals surface area contributed by atoms with E-state index in [-0.39, 0.29) is 5.82 Å². The van der Waals surface area contributed by atoms with Gasteiger partial charge in [-0.25, -0.2) is 9.18 Å². The number of carbonyl (C=O) groups is 1. The first-order chi connectivity index (χ1) is 12.5. The molecule has 1 aromatic rings. The smallest absolute Gasteiger partial charge is 0.337 e. The van der Waals surface area contributed by atoms with Crippen LogP contribution < -0.4 is 0 Å². The van der Waals surface area contributed by atoms with Crippen molar-refractivity contribution in [3.63, 3.8) is 0 Å². The summed E-state index contributed by atoms with van der Waals surface area (Å²) < 4.78 is 19.2. The molecule has 0 unspecified atom stereocenters. The molecule has 6 rings (SSSR count). The molecule has 3 nitrogen and oxygen atoms in total. The number of halogens is 1. The predicted molar refractivity (Wildman–Crippen MR) is 97.3 cm³/mol. The predicted octanol–water partition coefficient (Wildman–Crippen LogP) is 4.19. The molecule has 0 aromatic heterocycles. The van der Waals surface area contributed by atoms with Crippen LogP contribution in [-0.4, -0.2) is 31.1 Å². The van der Waals surface area contributed by atoms with E-state index in [1.54, 1.807) is 0 Å². The highest BCUT2D eigenvalue weighted by Crippen LogP contribution is 2.60. The zero-order valence-corrected chi connectivity index (χ0v) is 15.6. The van der Waals surface area contributed by atoms with Gasteiger partial charge in [0.05, 0.1) is 12.7 Å². The van der Waals surface area contributed by atoms with Crippen molar-refractivity contribution in [1.29, 1.82) is 0 Å². The molecule has 0 saturated heterocycles. The molecule has 4 fully saturated rings. The van der Waals surface area contributed by atoms with E-state index in [4.69, 9.17) is 4.74 Å². The number of ether oxygens (including phenoxy) is 1. The second kappa shape index (κ2) is 6.05. The molecule has 0 N–H and O–H groups in total. The van der Waals surface area contributed by atoms with Gasteiger partial charge in [-0.3, -0.25) is 4.90 Å². The summed E-state index contributed by atoms with van der Waals surface area (Å²) in [6.45, 7) is 2.85. The van der Waals surface area contributed by atoms with Crippen LogP contribution in [0.1, 0.15) is 60.0 Å². The molecular weight excluding hydrogens is 329 g/mol. The van der Waals surface area contributed by atoms with Gasteiger partial charge >= 0.3 is 5.97 Å². The molecule has 0 radical (unpaired) electrons. The average molecular weight is 357 g/mol. The van der Waals surface area contributed by atoms with Crippen LogP contribution >= 0.6 is 0 Å². The van der Waals surface area contributed by atoms with Gasteiger partial charge in [0.2, 0.25) is 0 Å². The molecule has 26 heavy (non-hydrogen) atoms. The zero-order valence-electron chi connectivity index (χ0n) is 15.6. The number of benzene rings is 1. The maximum atomic E-state index is 14.4. The molecule has 0 spiro atoms. The summed E-state index contributed by atoms with van der Waals surface area (Å²) in [6, 6.07) is 3.18. The Balaban J connectivity index is 1.36. The number of hydrogen-bond donors (Lipinski definition) is 0. The van der Waals surface area contributed by atoms with Crippen molar-refractivity contribution in [1.82, 2.24) is 4.90 Å². The SMILES string of the molecule is COC(=O)c1cc(F)c2c(c1)CN(CC13CC4CC(CC(C4)C1)C3)CC2. The summed E-state index contributed by atoms with van der Waals surface area (Å²) in [4.78, 5) is 14.4. The molecular formula is C22H28FNO2. The first kappa shape index (κ1) is 16.7. The van der Waals surface area contributed by atoms with Crippen LogP contribution in [0.3, 0.4) is 0 Å². The number of hydrogen-bond acceptors (Lipinski definition) is 3. The fourth-order valence-corrected chi connectivity index (χ4v) is 7.03. The number of methoxy groups -OCH3 is 1. The Bertz CT molecular complexity index is 709. The summed E-state index contributed by atoms with van der Waals surface area (Å²) >= 11 is 0. The minimum Gasteiger partial charge on any atom is -0.465 e. The summed E-state index contributed by atoms with van der Waals surface area (Å²) in [5.74, 6) is 2.17. The van der Waals surface area contributed by atoms with Gasteiger partial charge < -0.3 is 4.74 Å². The molecule has 4 bridgehead atoms. The Hall–Kier alpha value is -1.42. The third kappa shape index (κ3) is 2.77. The quantitative estimate of drug-likeness (QED) is 0.760. The largest absolute Gasteiger partial charge is 0.465 e. The highest BCUT2D eigenvalue weighted by Gasteiger charge is 2.51. The Labute approximate surface area is 154 Å². The molecule has 0 amide bonds. The van der Waals surface area contributed by atoms with Crippen LogP contribution in [-0.2, 0) is 17.7 Å². The van der Waals surface area contributed by atoms with E-state index in [1.807, 2.05) is 6.07 Å². The molecule has 4 saturated carbocycles. The molecule has 0 atom stereocenters. The number of nitrogens with zero attached hydrogens (tertiary/aromatic N) is 1. The fraction of sp³-hybridized carbons (Fsp3) is 0.682. The number of esters is 1. The van der Waals surface area contributed by atoms with Crippen molar-refractivity contribution in [3.05, 3.63) is 34.6 Å². The maximum Gasteiger partial charge on any atom is 0.337 e. The third-order valence-electron chi connectivity index (χ3n) is 7.51. The summed E-state index contributed by atoms with van der Waals surface area (Å²) in [6.07, 6.45) is 9.35.